The zero-order valence-electron chi connectivity index (χ0n) is 9.87. The molecule has 0 aliphatic carbocycles. The summed E-state index contributed by atoms with van der Waals surface area (Å²) in [6.45, 7) is 2.57. The van der Waals surface area contributed by atoms with E-state index in [2.05, 4.69) is 21.2 Å². The van der Waals surface area contributed by atoms with Crippen molar-refractivity contribution in [2.75, 3.05) is 5.73 Å². The topological polar surface area (TPSA) is 55.1 Å². The minimum Gasteiger partial charge on any atom is -0.398 e. The van der Waals surface area contributed by atoms with E-state index in [4.69, 9.17) is 5.73 Å². The molecule has 3 N–H and O–H groups in total. The fraction of sp³-hybridized carbons (Fsp3) is 0.154. The van der Waals surface area contributed by atoms with E-state index in [1.54, 1.807) is 23.5 Å². The van der Waals surface area contributed by atoms with Crippen LogP contribution in [-0.2, 0) is 6.54 Å². The number of nitrogens with two attached hydrogens (primary N) is 1. The fourth-order valence-electron chi connectivity index (χ4n) is 1.57. The Bertz CT molecular complexity index is 580. The summed E-state index contributed by atoms with van der Waals surface area (Å²) < 4.78 is 0.841. The first-order chi connectivity index (χ1) is 8.56. The van der Waals surface area contributed by atoms with Gasteiger partial charge in [-0.2, -0.15) is 0 Å². The van der Waals surface area contributed by atoms with Gasteiger partial charge in [0.25, 0.3) is 5.91 Å². The van der Waals surface area contributed by atoms with Gasteiger partial charge in [0.2, 0.25) is 0 Å². The van der Waals surface area contributed by atoms with Gasteiger partial charge in [0.05, 0.1) is 12.1 Å². The number of rotatable bonds is 3. The zero-order chi connectivity index (χ0) is 13.1. The van der Waals surface area contributed by atoms with Gasteiger partial charge in [0, 0.05) is 19.9 Å². The number of nitrogens with one attached hydrogen (secondary N) is 1. The summed E-state index contributed by atoms with van der Waals surface area (Å²) in [6.07, 6.45) is 0. The normalized spacial score (nSPS) is 10.3. The van der Waals surface area contributed by atoms with Crippen LogP contribution in [0.25, 0.3) is 0 Å². The first kappa shape index (κ1) is 13.1. The van der Waals surface area contributed by atoms with Gasteiger partial charge in [0.1, 0.15) is 0 Å². The van der Waals surface area contributed by atoms with Crippen molar-refractivity contribution in [1.29, 1.82) is 0 Å². The molecule has 1 aromatic carbocycles. The highest BCUT2D eigenvalue weighted by Gasteiger charge is 2.10. The van der Waals surface area contributed by atoms with Crippen LogP contribution in [0.4, 0.5) is 5.69 Å². The van der Waals surface area contributed by atoms with Gasteiger partial charge in [0.15, 0.2) is 0 Å². The number of carbonyl (C=O) groups is 1. The molecule has 2 aromatic rings. The lowest BCUT2D eigenvalue weighted by Crippen LogP contribution is -2.23. The molecule has 0 unspecified atom stereocenters. The molecule has 3 nitrogen and oxygen atoms in total. The monoisotopic (exact) mass is 324 g/mol. The molecule has 18 heavy (non-hydrogen) atoms. The van der Waals surface area contributed by atoms with Gasteiger partial charge < -0.3 is 11.1 Å². The summed E-state index contributed by atoms with van der Waals surface area (Å²) in [5, 5.41) is 2.87. The van der Waals surface area contributed by atoms with Crippen LogP contribution in [0.1, 0.15) is 20.1 Å². The smallest absolute Gasteiger partial charge is 0.253 e. The van der Waals surface area contributed by atoms with Crippen LogP contribution in [0.15, 0.2) is 34.8 Å². The predicted octanol–water partition coefficient (Wildman–Crippen LogP) is 3.33. The van der Waals surface area contributed by atoms with Crippen molar-refractivity contribution in [2.45, 2.75) is 13.5 Å². The number of halogens is 1. The van der Waals surface area contributed by atoms with Crippen LogP contribution in [0.2, 0.25) is 0 Å². The summed E-state index contributed by atoms with van der Waals surface area (Å²) >= 11 is 5.01. The van der Waals surface area contributed by atoms with Crippen molar-refractivity contribution in [3.8, 4) is 0 Å². The highest BCUT2D eigenvalue weighted by molar-refractivity contribution is 9.10. The van der Waals surface area contributed by atoms with E-state index in [1.165, 1.54) is 4.88 Å². The van der Waals surface area contributed by atoms with E-state index in [9.17, 15) is 4.79 Å². The fourth-order valence-corrected chi connectivity index (χ4v) is 2.76. The number of benzene rings is 1. The summed E-state index contributed by atoms with van der Waals surface area (Å²) in [5.41, 5.74) is 6.77. The van der Waals surface area contributed by atoms with Crippen LogP contribution in [-0.4, -0.2) is 5.91 Å². The quantitative estimate of drug-likeness (QED) is 0.851. The van der Waals surface area contributed by atoms with Crippen molar-refractivity contribution in [3.05, 3.63) is 50.1 Å². The summed E-state index contributed by atoms with van der Waals surface area (Å²) in [5.74, 6) is -0.153. The van der Waals surface area contributed by atoms with E-state index in [0.717, 1.165) is 9.35 Å². The molecule has 0 aliphatic rings. The van der Waals surface area contributed by atoms with Crippen molar-refractivity contribution in [3.63, 3.8) is 0 Å². The van der Waals surface area contributed by atoms with Crippen molar-refractivity contribution in [2.24, 2.45) is 0 Å². The van der Waals surface area contributed by atoms with Crippen molar-refractivity contribution >= 4 is 38.9 Å². The number of hydrogen-bond donors (Lipinski definition) is 2. The number of carbonyl (C=O) groups excluding carboxylic acids is 1. The van der Waals surface area contributed by atoms with Crippen LogP contribution >= 0.6 is 27.3 Å². The maximum atomic E-state index is 12.0. The first-order valence-corrected chi connectivity index (χ1v) is 7.06. The molecular formula is C13H13BrN2OS. The lowest BCUT2D eigenvalue weighted by atomic mass is 10.1. The number of nitrogen functional groups attached to an aromatic ring is 1. The molecule has 0 radical (unpaired) electrons. The van der Waals surface area contributed by atoms with E-state index < -0.39 is 0 Å². The predicted molar refractivity (Wildman–Crippen MR) is 78.8 cm³/mol. The number of hydrogen-bond acceptors (Lipinski definition) is 3. The Balaban J connectivity index is 2.05. The first-order valence-electron chi connectivity index (χ1n) is 5.45. The van der Waals surface area contributed by atoms with Crippen LogP contribution < -0.4 is 11.1 Å². The van der Waals surface area contributed by atoms with Crippen LogP contribution in [0.5, 0.6) is 0 Å². The molecule has 94 valence electrons. The zero-order valence-corrected chi connectivity index (χ0v) is 12.3. The van der Waals surface area contributed by atoms with E-state index in [1.807, 2.05) is 25.1 Å². The summed E-state index contributed by atoms with van der Waals surface area (Å²) in [7, 11) is 0. The Morgan fingerprint density at radius 1 is 1.39 bits per heavy atom. The van der Waals surface area contributed by atoms with Gasteiger partial charge in [-0.05, 0) is 37.3 Å². The third-order valence-electron chi connectivity index (χ3n) is 2.48. The minimum atomic E-state index is -0.153. The second-order valence-corrected chi connectivity index (χ2v) is 6.21. The molecular weight excluding hydrogens is 312 g/mol. The lowest BCUT2D eigenvalue weighted by molar-refractivity contribution is 0.0952. The third kappa shape index (κ3) is 3.11. The van der Waals surface area contributed by atoms with Crippen molar-refractivity contribution < 1.29 is 4.79 Å². The molecule has 1 aromatic heterocycles. The Hall–Kier alpha value is -1.33. The molecule has 0 fully saturated rings. The maximum Gasteiger partial charge on any atom is 0.253 e. The largest absolute Gasteiger partial charge is 0.398 e. The Morgan fingerprint density at radius 3 is 2.83 bits per heavy atom. The molecule has 2 rings (SSSR count). The third-order valence-corrected chi connectivity index (χ3v) is 3.97. The molecule has 0 saturated heterocycles. The van der Waals surface area contributed by atoms with Gasteiger partial charge >= 0.3 is 0 Å². The second kappa shape index (κ2) is 5.54. The van der Waals surface area contributed by atoms with E-state index in [0.29, 0.717) is 17.8 Å². The molecule has 0 bridgehead atoms. The Morgan fingerprint density at radius 2 is 2.17 bits per heavy atom. The molecule has 1 amide bonds. The van der Waals surface area contributed by atoms with E-state index >= 15 is 0 Å². The van der Waals surface area contributed by atoms with Gasteiger partial charge in [-0.3, -0.25) is 4.79 Å². The standard InChI is InChI=1S/C13H13BrN2OS/c1-8-2-4-10(18-8)7-16-13(17)11-6-9(14)3-5-12(11)15/h2-6H,7,15H2,1H3,(H,16,17). The number of anilines is 1. The van der Waals surface area contributed by atoms with Crippen LogP contribution in [0.3, 0.4) is 0 Å². The average molecular weight is 325 g/mol. The summed E-state index contributed by atoms with van der Waals surface area (Å²) in [6, 6.07) is 9.32. The molecule has 0 atom stereocenters. The van der Waals surface area contributed by atoms with Gasteiger partial charge in [-0.1, -0.05) is 15.9 Å². The molecule has 0 saturated carbocycles. The van der Waals surface area contributed by atoms with Crippen LogP contribution in [0, 0.1) is 6.92 Å². The molecule has 0 spiro atoms. The number of aryl methyl sites for hydroxylation is 1. The summed E-state index contributed by atoms with van der Waals surface area (Å²) in [4.78, 5) is 14.4. The SMILES string of the molecule is Cc1ccc(CNC(=O)c2cc(Br)ccc2N)s1. The highest BCUT2D eigenvalue weighted by Crippen LogP contribution is 2.19. The Kier molecular flexibility index (Phi) is 4.04. The average Bonchev–Trinajstić information content (AvgIpc) is 2.75. The molecule has 1 heterocycles. The van der Waals surface area contributed by atoms with Gasteiger partial charge in [-0.15, -0.1) is 11.3 Å². The van der Waals surface area contributed by atoms with Crippen molar-refractivity contribution in [1.82, 2.24) is 5.32 Å². The van der Waals surface area contributed by atoms with E-state index in [-0.39, 0.29) is 5.91 Å². The lowest BCUT2D eigenvalue weighted by Gasteiger charge is -2.07. The maximum absolute atomic E-state index is 12.0. The van der Waals surface area contributed by atoms with Gasteiger partial charge in [-0.25, -0.2) is 0 Å². The number of amides is 1. The minimum absolute atomic E-state index is 0.153. The molecule has 5 heteroatoms. The second-order valence-electron chi connectivity index (χ2n) is 3.93. The molecule has 0 aliphatic heterocycles. The Labute approximate surface area is 118 Å². The number of thiophene rings is 1. The highest BCUT2D eigenvalue weighted by atomic mass is 79.9.